The molecule has 20 heavy (non-hydrogen) atoms. The van der Waals surface area contributed by atoms with Crippen LogP contribution in [0.2, 0.25) is 0 Å². The molecule has 1 heterocycles. The van der Waals surface area contributed by atoms with Gasteiger partial charge in [0, 0.05) is 12.1 Å². The fraction of sp³-hybridized carbons (Fsp3) is 0.429. The number of likely N-dealkylation sites (tertiary alicyclic amines) is 1. The van der Waals surface area contributed by atoms with Crippen molar-refractivity contribution >= 4 is 11.9 Å². The summed E-state index contributed by atoms with van der Waals surface area (Å²) >= 11 is 0. The fourth-order valence-electron chi connectivity index (χ4n) is 2.55. The molecule has 2 unspecified atom stereocenters. The van der Waals surface area contributed by atoms with Crippen molar-refractivity contribution in [1.82, 2.24) is 4.90 Å². The fourth-order valence-corrected chi connectivity index (χ4v) is 2.55. The van der Waals surface area contributed by atoms with Gasteiger partial charge in [-0.25, -0.2) is 13.6 Å². The Bertz CT molecular complexity index is 547. The summed E-state index contributed by atoms with van der Waals surface area (Å²) in [7, 11) is 0. The molecule has 1 aliphatic rings. The van der Waals surface area contributed by atoms with Crippen molar-refractivity contribution in [2.24, 2.45) is 5.92 Å². The lowest BCUT2D eigenvalue weighted by Gasteiger charge is -2.23. The molecule has 6 heteroatoms. The summed E-state index contributed by atoms with van der Waals surface area (Å²) in [6.07, 6.45) is 0.258. The molecule has 1 aliphatic heterocycles. The number of nitrogens with zero attached hydrogens (tertiary/aromatic N) is 1. The molecule has 1 amide bonds. The van der Waals surface area contributed by atoms with Crippen LogP contribution >= 0.6 is 0 Å². The lowest BCUT2D eigenvalue weighted by atomic mass is 10.0. The van der Waals surface area contributed by atoms with Gasteiger partial charge in [-0.2, -0.15) is 0 Å². The van der Waals surface area contributed by atoms with Crippen molar-refractivity contribution in [3.05, 3.63) is 35.4 Å². The van der Waals surface area contributed by atoms with Crippen LogP contribution in [0.5, 0.6) is 0 Å². The van der Waals surface area contributed by atoms with Gasteiger partial charge in [-0.05, 0) is 18.4 Å². The summed E-state index contributed by atoms with van der Waals surface area (Å²) < 4.78 is 26.6. The highest BCUT2D eigenvalue weighted by atomic mass is 19.2. The van der Waals surface area contributed by atoms with Gasteiger partial charge in [-0.1, -0.05) is 19.1 Å². The van der Waals surface area contributed by atoms with Crippen molar-refractivity contribution in [2.45, 2.75) is 25.8 Å². The number of halogens is 2. The minimum Gasteiger partial charge on any atom is -0.480 e. The average Bonchev–Trinajstić information content (AvgIpc) is 2.77. The topological polar surface area (TPSA) is 57.6 Å². The number of rotatable bonds is 3. The Balaban J connectivity index is 2.16. The zero-order valence-corrected chi connectivity index (χ0v) is 11.0. The van der Waals surface area contributed by atoms with E-state index in [9.17, 15) is 18.4 Å². The molecule has 1 N–H and O–H groups in total. The van der Waals surface area contributed by atoms with E-state index in [0.29, 0.717) is 13.0 Å². The Kier molecular flexibility index (Phi) is 4.01. The number of carbonyl (C=O) groups excluding carboxylic acids is 1. The van der Waals surface area contributed by atoms with E-state index in [1.54, 1.807) is 6.92 Å². The highest BCUT2D eigenvalue weighted by Crippen LogP contribution is 2.25. The summed E-state index contributed by atoms with van der Waals surface area (Å²) in [6, 6.07) is 2.73. The SMILES string of the molecule is CC1CCN(C(=O)Cc2cccc(F)c2F)C1C(=O)O. The molecule has 1 aromatic rings. The Labute approximate surface area is 115 Å². The highest BCUT2D eigenvalue weighted by Gasteiger charge is 2.39. The smallest absolute Gasteiger partial charge is 0.326 e. The van der Waals surface area contributed by atoms with Crippen LogP contribution in [0, 0.1) is 17.6 Å². The first-order valence-corrected chi connectivity index (χ1v) is 6.37. The minimum absolute atomic E-state index is 0.0568. The molecule has 1 fully saturated rings. The third kappa shape index (κ3) is 2.64. The number of benzene rings is 1. The van der Waals surface area contributed by atoms with E-state index >= 15 is 0 Å². The summed E-state index contributed by atoms with van der Waals surface area (Å²) in [5.74, 6) is -3.78. The number of carboxylic acid groups (broad SMARTS) is 1. The van der Waals surface area contributed by atoms with E-state index in [2.05, 4.69) is 0 Å². The molecular formula is C14H15F2NO3. The minimum atomic E-state index is -1.07. The number of aliphatic carboxylic acids is 1. The maximum Gasteiger partial charge on any atom is 0.326 e. The Morgan fingerprint density at radius 1 is 1.40 bits per heavy atom. The standard InChI is InChI=1S/C14H15F2NO3/c1-8-5-6-17(13(8)14(19)20)11(18)7-9-3-2-4-10(15)12(9)16/h2-4,8,13H,5-7H2,1H3,(H,19,20). The van der Waals surface area contributed by atoms with Crippen molar-refractivity contribution in [3.63, 3.8) is 0 Å². The lowest BCUT2D eigenvalue weighted by Crippen LogP contribution is -2.43. The van der Waals surface area contributed by atoms with Gasteiger partial charge < -0.3 is 10.0 Å². The average molecular weight is 283 g/mol. The van der Waals surface area contributed by atoms with Gasteiger partial charge in [0.15, 0.2) is 11.6 Å². The molecule has 4 nitrogen and oxygen atoms in total. The third-order valence-corrected chi connectivity index (χ3v) is 3.65. The summed E-state index contributed by atoms with van der Waals surface area (Å²) in [4.78, 5) is 24.5. The predicted molar refractivity (Wildman–Crippen MR) is 67.0 cm³/mol. The zero-order chi connectivity index (χ0) is 14.9. The van der Waals surface area contributed by atoms with Gasteiger partial charge in [-0.3, -0.25) is 4.79 Å². The molecule has 1 aromatic carbocycles. The zero-order valence-electron chi connectivity index (χ0n) is 11.0. The summed E-state index contributed by atoms with van der Waals surface area (Å²) in [6.45, 7) is 2.09. The Hall–Kier alpha value is -1.98. The third-order valence-electron chi connectivity index (χ3n) is 3.65. The highest BCUT2D eigenvalue weighted by molar-refractivity contribution is 5.85. The van der Waals surface area contributed by atoms with Crippen molar-refractivity contribution in [3.8, 4) is 0 Å². The van der Waals surface area contributed by atoms with Crippen LogP contribution in [0.15, 0.2) is 18.2 Å². The number of carbonyl (C=O) groups is 2. The van der Waals surface area contributed by atoms with Gasteiger partial charge >= 0.3 is 5.97 Å². The van der Waals surface area contributed by atoms with Gasteiger partial charge in [0.1, 0.15) is 6.04 Å². The van der Waals surface area contributed by atoms with Gasteiger partial charge in [0.05, 0.1) is 6.42 Å². The van der Waals surface area contributed by atoms with E-state index in [0.717, 1.165) is 6.07 Å². The Morgan fingerprint density at radius 2 is 2.10 bits per heavy atom. The number of carboxylic acids is 1. The summed E-state index contributed by atoms with van der Waals surface area (Å²) in [5, 5.41) is 9.14. The second kappa shape index (κ2) is 5.56. The molecule has 0 spiro atoms. The van der Waals surface area contributed by atoms with Gasteiger partial charge in [0.2, 0.25) is 5.91 Å². The molecule has 0 bridgehead atoms. The normalized spacial score (nSPS) is 22.1. The first-order chi connectivity index (χ1) is 9.41. The number of amides is 1. The predicted octanol–water partition coefficient (Wildman–Crippen LogP) is 1.83. The van der Waals surface area contributed by atoms with Crippen LogP contribution in [0.3, 0.4) is 0 Å². The molecule has 2 atom stereocenters. The second-order valence-electron chi connectivity index (χ2n) is 5.03. The van der Waals surface area contributed by atoms with Crippen LogP contribution in [-0.2, 0) is 16.0 Å². The molecular weight excluding hydrogens is 268 g/mol. The van der Waals surface area contributed by atoms with Crippen molar-refractivity contribution in [1.29, 1.82) is 0 Å². The van der Waals surface area contributed by atoms with Crippen LogP contribution in [0.25, 0.3) is 0 Å². The largest absolute Gasteiger partial charge is 0.480 e. The Morgan fingerprint density at radius 3 is 2.75 bits per heavy atom. The quantitative estimate of drug-likeness (QED) is 0.920. The maximum absolute atomic E-state index is 13.5. The van der Waals surface area contributed by atoms with E-state index < -0.39 is 29.6 Å². The monoisotopic (exact) mass is 283 g/mol. The van der Waals surface area contributed by atoms with E-state index in [4.69, 9.17) is 5.11 Å². The molecule has 0 aromatic heterocycles. The van der Waals surface area contributed by atoms with Gasteiger partial charge in [0.25, 0.3) is 0 Å². The van der Waals surface area contributed by atoms with E-state index in [-0.39, 0.29) is 17.9 Å². The van der Waals surface area contributed by atoms with Gasteiger partial charge in [-0.15, -0.1) is 0 Å². The molecule has 108 valence electrons. The second-order valence-corrected chi connectivity index (χ2v) is 5.03. The summed E-state index contributed by atoms with van der Waals surface area (Å²) in [5.41, 5.74) is -0.0568. The van der Waals surface area contributed by atoms with Crippen LogP contribution in [-0.4, -0.2) is 34.5 Å². The lowest BCUT2D eigenvalue weighted by molar-refractivity contribution is -0.149. The molecule has 0 saturated carbocycles. The van der Waals surface area contributed by atoms with Crippen LogP contribution < -0.4 is 0 Å². The first-order valence-electron chi connectivity index (χ1n) is 6.37. The van der Waals surface area contributed by atoms with E-state index in [1.165, 1.54) is 17.0 Å². The van der Waals surface area contributed by atoms with Crippen LogP contribution in [0.1, 0.15) is 18.9 Å². The van der Waals surface area contributed by atoms with Crippen molar-refractivity contribution in [2.75, 3.05) is 6.54 Å². The maximum atomic E-state index is 13.5. The number of hydrogen-bond acceptors (Lipinski definition) is 2. The molecule has 0 aliphatic carbocycles. The molecule has 0 radical (unpaired) electrons. The van der Waals surface area contributed by atoms with Crippen molar-refractivity contribution < 1.29 is 23.5 Å². The molecule has 2 rings (SSSR count). The molecule has 1 saturated heterocycles. The van der Waals surface area contributed by atoms with E-state index in [1.807, 2.05) is 0 Å². The van der Waals surface area contributed by atoms with Crippen LogP contribution in [0.4, 0.5) is 8.78 Å². The number of hydrogen-bond donors (Lipinski definition) is 1. The first kappa shape index (κ1) is 14.4.